The summed E-state index contributed by atoms with van der Waals surface area (Å²) in [5, 5.41) is 8.63. The van der Waals surface area contributed by atoms with E-state index >= 15 is 0 Å². The second kappa shape index (κ2) is 5.04. The van der Waals surface area contributed by atoms with E-state index in [0.29, 0.717) is 0 Å². The van der Waals surface area contributed by atoms with Gasteiger partial charge in [0.1, 0.15) is 0 Å². The molecule has 3 heteroatoms. The minimum absolute atomic E-state index is 0.290. The van der Waals surface area contributed by atoms with E-state index in [1.807, 2.05) is 0 Å². The molecule has 1 rings (SSSR count). The lowest BCUT2D eigenvalue weighted by atomic mass is 10.4. The van der Waals surface area contributed by atoms with E-state index in [2.05, 4.69) is 29.1 Å². The Balaban J connectivity index is 2.14. The average Bonchev–Trinajstić information content (AvgIpc) is 2.50. The summed E-state index contributed by atoms with van der Waals surface area (Å²) in [7, 11) is 0. The zero-order chi connectivity index (χ0) is 8.81. The summed E-state index contributed by atoms with van der Waals surface area (Å²) < 4.78 is 0. The van der Waals surface area contributed by atoms with Crippen LogP contribution >= 0.6 is 0 Å². The fraction of sp³-hybridized carbons (Fsp3) is 0.778. The standard InChI is InChI=1S/C9H18N2O/c1-2-4-10-6-7-11(9-10)5-3-8-12/h6-7,12H,2-5,8-9H2,1H3. The Hall–Kier alpha value is -0.700. The third-order valence-corrected chi connectivity index (χ3v) is 1.97. The summed E-state index contributed by atoms with van der Waals surface area (Å²) in [6, 6.07) is 0. The number of rotatable bonds is 5. The highest BCUT2D eigenvalue weighted by atomic mass is 16.3. The van der Waals surface area contributed by atoms with Crippen molar-refractivity contribution < 1.29 is 5.11 Å². The van der Waals surface area contributed by atoms with Crippen molar-refractivity contribution in [1.82, 2.24) is 9.80 Å². The van der Waals surface area contributed by atoms with Crippen molar-refractivity contribution in [3.63, 3.8) is 0 Å². The molecule has 0 aliphatic carbocycles. The SMILES string of the molecule is CCCN1C=CN(CCCO)C1. The van der Waals surface area contributed by atoms with Gasteiger partial charge in [-0.2, -0.15) is 0 Å². The van der Waals surface area contributed by atoms with Gasteiger partial charge in [-0.15, -0.1) is 0 Å². The van der Waals surface area contributed by atoms with Gasteiger partial charge >= 0.3 is 0 Å². The molecule has 0 radical (unpaired) electrons. The van der Waals surface area contributed by atoms with E-state index in [9.17, 15) is 0 Å². The molecule has 0 spiro atoms. The Bertz CT molecular complexity index is 147. The second-order valence-corrected chi connectivity index (χ2v) is 3.14. The highest BCUT2D eigenvalue weighted by Gasteiger charge is 2.09. The third kappa shape index (κ3) is 2.74. The van der Waals surface area contributed by atoms with Crippen LogP contribution in [0.3, 0.4) is 0 Å². The van der Waals surface area contributed by atoms with Crippen molar-refractivity contribution in [2.24, 2.45) is 0 Å². The number of hydrogen-bond acceptors (Lipinski definition) is 3. The van der Waals surface area contributed by atoms with Crippen LogP contribution < -0.4 is 0 Å². The Morgan fingerprint density at radius 3 is 2.50 bits per heavy atom. The first-order chi connectivity index (χ1) is 5.86. The first-order valence-electron chi connectivity index (χ1n) is 4.64. The van der Waals surface area contributed by atoms with Crippen LogP contribution in [0, 0.1) is 0 Å². The Kier molecular flexibility index (Phi) is 3.94. The molecule has 0 aromatic carbocycles. The van der Waals surface area contributed by atoms with Crippen molar-refractivity contribution in [2.75, 3.05) is 26.4 Å². The van der Waals surface area contributed by atoms with Crippen molar-refractivity contribution in [3.05, 3.63) is 12.4 Å². The van der Waals surface area contributed by atoms with E-state index < -0.39 is 0 Å². The topological polar surface area (TPSA) is 26.7 Å². The molecule has 0 aromatic heterocycles. The van der Waals surface area contributed by atoms with E-state index in [4.69, 9.17) is 5.11 Å². The molecule has 0 bridgehead atoms. The fourth-order valence-corrected chi connectivity index (χ4v) is 1.37. The van der Waals surface area contributed by atoms with Gasteiger partial charge in [0.25, 0.3) is 0 Å². The molecule has 0 amide bonds. The van der Waals surface area contributed by atoms with Crippen molar-refractivity contribution in [3.8, 4) is 0 Å². The van der Waals surface area contributed by atoms with E-state index in [0.717, 1.165) is 26.2 Å². The summed E-state index contributed by atoms with van der Waals surface area (Å²) in [4.78, 5) is 4.52. The van der Waals surface area contributed by atoms with Gasteiger partial charge in [0.2, 0.25) is 0 Å². The molecule has 12 heavy (non-hydrogen) atoms. The number of aliphatic hydroxyl groups is 1. The van der Waals surface area contributed by atoms with Gasteiger partial charge in [0.05, 0.1) is 6.67 Å². The highest BCUT2D eigenvalue weighted by Crippen LogP contribution is 2.06. The van der Waals surface area contributed by atoms with Crippen LogP contribution in [0.1, 0.15) is 19.8 Å². The zero-order valence-corrected chi connectivity index (χ0v) is 7.74. The van der Waals surface area contributed by atoms with Crippen LogP contribution in [-0.4, -0.2) is 41.3 Å². The van der Waals surface area contributed by atoms with Gasteiger partial charge in [-0.1, -0.05) is 6.92 Å². The predicted octanol–water partition coefficient (Wildman–Crippen LogP) is 0.825. The number of aliphatic hydroxyl groups excluding tert-OH is 1. The minimum Gasteiger partial charge on any atom is -0.396 e. The van der Waals surface area contributed by atoms with Crippen LogP contribution in [0.2, 0.25) is 0 Å². The van der Waals surface area contributed by atoms with E-state index in [1.54, 1.807) is 0 Å². The summed E-state index contributed by atoms with van der Waals surface area (Å²) in [5.74, 6) is 0. The molecule has 3 nitrogen and oxygen atoms in total. The van der Waals surface area contributed by atoms with Gasteiger partial charge in [0.15, 0.2) is 0 Å². The van der Waals surface area contributed by atoms with Gasteiger partial charge in [0, 0.05) is 32.1 Å². The summed E-state index contributed by atoms with van der Waals surface area (Å²) in [5.41, 5.74) is 0. The maximum absolute atomic E-state index is 8.63. The molecule has 1 heterocycles. The zero-order valence-electron chi connectivity index (χ0n) is 7.74. The largest absolute Gasteiger partial charge is 0.396 e. The van der Waals surface area contributed by atoms with Crippen molar-refractivity contribution in [2.45, 2.75) is 19.8 Å². The minimum atomic E-state index is 0.290. The van der Waals surface area contributed by atoms with Crippen molar-refractivity contribution in [1.29, 1.82) is 0 Å². The lowest BCUT2D eigenvalue weighted by Gasteiger charge is -2.20. The summed E-state index contributed by atoms with van der Waals surface area (Å²) >= 11 is 0. The highest BCUT2D eigenvalue weighted by molar-refractivity contribution is 4.89. The van der Waals surface area contributed by atoms with Crippen molar-refractivity contribution >= 4 is 0 Å². The number of nitrogens with zero attached hydrogens (tertiary/aromatic N) is 2. The maximum atomic E-state index is 8.63. The molecular weight excluding hydrogens is 152 g/mol. The molecule has 1 N–H and O–H groups in total. The fourth-order valence-electron chi connectivity index (χ4n) is 1.37. The molecule has 1 aliphatic heterocycles. The normalized spacial score (nSPS) is 16.2. The third-order valence-electron chi connectivity index (χ3n) is 1.97. The second-order valence-electron chi connectivity index (χ2n) is 3.14. The average molecular weight is 170 g/mol. The van der Waals surface area contributed by atoms with Crippen LogP contribution in [0.15, 0.2) is 12.4 Å². The van der Waals surface area contributed by atoms with E-state index in [-0.39, 0.29) is 6.61 Å². The van der Waals surface area contributed by atoms with Gasteiger partial charge < -0.3 is 14.9 Å². The molecule has 0 atom stereocenters. The molecular formula is C9H18N2O. The van der Waals surface area contributed by atoms with E-state index in [1.165, 1.54) is 6.42 Å². The summed E-state index contributed by atoms with van der Waals surface area (Å²) in [6.07, 6.45) is 6.29. The molecule has 0 saturated carbocycles. The van der Waals surface area contributed by atoms with Gasteiger partial charge in [-0.25, -0.2) is 0 Å². The quantitative estimate of drug-likeness (QED) is 0.662. The Morgan fingerprint density at radius 1 is 1.25 bits per heavy atom. The lowest BCUT2D eigenvalue weighted by molar-refractivity contribution is 0.229. The van der Waals surface area contributed by atoms with Crippen LogP contribution in [0.4, 0.5) is 0 Å². The molecule has 1 aliphatic rings. The van der Waals surface area contributed by atoms with Crippen LogP contribution in [-0.2, 0) is 0 Å². The lowest BCUT2D eigenvalue weighted by Crippen LogP contribution is -2.26. The van der Waals surface area contributed by atoms with Gasteiger partial charge in [-0.3, -0.25) is 0 Å². The van der Waals surface area contributed by atoms with Crippen LogP contribution in [0.25, 0.3) is 0 Å². The number of hydrogen-bond donors (Lipinski definition) is 1. The Labute approximate surface area is 74.3 Å². The Morgan fingerprint density at radius 2 is 1.92 bits per heavy atom. The molecule has 70 valence electrons. The smallest absolute Gasteiger partial charge is 0.0893 e. The first-order valence-corrected chi connectivity index (χ1v) is 4.64. The van der Waals surface area contributed by atoms with Gasteiger partial charge in [-0.05, 0) is 12.8 Å². The maximum Gasteiger partial charge on any atom is 0.0893 e. The predicted molar refractivity (Wildman–Crippen MR) is 49.4 cm³/mol. The molecule has 0 unspecified atom stereocenters. The summed E-state index contributed by atoms with van der Waals surface area (Å²) in [6.45, 7) is 5.56. The monoisotopic (exact) mass is 170 g/mol. The molecule has 0 saturated heterocycles. The molecule has 0 fully saturated rings. The first kappa shape index (κ1) is 9.39. The van der Waals surface area contributed by atoms with Crippen LogP contribution in [0.5, 0.6) is 0 Å². The molecule has 0 aromatic rings.